The Morgan fingerprint density at radius 1 is 1.24 bits per heavy atom. The van der Waals surface area contributed by atoms with Crippen molar-refractivity contribution < 1.29 is 9.90 Å². The minimum atomic E-state index is -0.0673. The van der Waals surface area contributed by atoms with Gasteiger partial charge in [0.25, 0.3) is 5.91 Å². The van der Waals surface area contributed by atoms with E-state index in [4.69, 9.17) is 0 Å². The van der Waals surface area contributed by atoms with Crippen molar-refractivity contribution in [3.05, 3.63) is 48.3 Å². The first-order valence-corrected chi connectivity index (χ1v) is 8.42. The quantitative estimate of drug-likeness (QED) is 0.855. The number of carbonyl (C=O) groups is 1. The molecule has 1 unspecified atom stereocenters. The number of aliphatic hydroxyl groups excluding tert-OH is 1. The second-order valence-corrected chi connectivity index (χ2v) is 6.18. The number of carbonyl (C=O) groups excluding carboxylic acids is 1. The summed E-state index contributed by atoms with van der Waals surface area (Å²) in [5.41, 5.74) is 1.37. The number of amides is 1. The number of piperazine rings is 1. The molecular weight excluding hydrogens is 318 g/mol. The molecule has 1 atom stereocenters. The second kappa shape index (κ2) is 8.04. The molecule has 132 valence electrons. The van der Waals surface area contributed by atoms with Crippen molar-refractivity contribution in [2.75, 3.05) is 38.6 Å². The van der Waals surface area contributed by atoms with Crippen LogP contribution in [0, 0.1) is 0 Å². The molecule has 1 aromatic carbocycles. The Bertz CT molecular complexity index is 692. The van der Waals surface area contributed by atoms with E-state index in [1.165, 1.54) is 0 Å². The lowest BCUT2D eigenvalue weighted by atomic mass is 10.1. The molecule has 0 bridgehead atoms. The Kier molecular flexibility index (Phi) is 5.57. The number of aliphatic hydroxyl groups is 1. The Morgan fingerprint density at radius 2 is 1.96 bits per heavy atom. The van der Waals surface area contributed by atoms with Gasteiger partial charge in [-0.05, 0) is 25.6 Å². The highest BCUT2D eigenvalue weighted by Gasteiger charge is 2.27. The third kappa shape index (κ3) is 4.32. The van der Waals surface area contributed by atoms with E-state index in [-0.39, 0.29) is 18.6 Å². The van der Waals surface area contributed by atoms with E-state index in [0.717, 1.165) is 12.2 Å². The second-order valence-electron chi connectivity index (χ2n) is 6.18. The van der Waals surface area contributed by atoms with Gasteiger partial charge in [-0.2, -0.15) is 0 Å². The van der Waals surface area contributed by atoms with E-state index in [2.05, 4.69) is 20.2 Å². The molecule has 1 aliphatic rings. The number of aromatic nitrogens is 2. The van der Waals surface area contributed by atoms with Crippen LogP contribution in [0.5, 0.6) is 0 Å². The first kappa shape index (κ1) is 17.3. The zero-order valence-corrected chi connectivity index (χ0v) is 14.3. The minimum Gasteiger partial charge on any atom is -0.396 e. The fourth-order valence-electron chi connectivity index (χ4n) is 2.93. The van der Waals surface area contributed by atoms with Gasteiger partial charge in [-0.3, -0.25) is 9.69 Å². The van der Waals surface area contributed by atoms with E-state index >= 15 is 0 Å². The van der Waals surface area contributed by atoms with E-state index in [1.807, 2.05) is 42.3 Å². The van der Waals surface area contributed by atoms with Crippen molar-refractivity contribution >= 4 is 17.5 Å². The number of hydrogen-bond acceptors (Lipinski definition) is 6. The van der Waals surface area contributed by atoms with Gasteiger partial charge >= 0.3 is 0 Å². The van der Waals surface area contributed by atoms with Crippen molar-refractivity contribution in [3.63, 3.8) is 0 Å². The number of anilines is 2. The van der Waals surface area contributed by atoms with Crippen LogP contribution in [0.15, 0.2) is 42.7 Å². The van der Waals surface area contributed by atoms with Gasteiger partial charge in [0.1, 0.15) is 0 Å². The molecule has 0 saturated carbocycles. The lowest BCUT2D eigenvalue weighted by Crippen LogP contribution is -2.53. The Hall–Kier alpha value is -2.51. The molecule has 1 saturated heterocycles. The first-order chi connectivity index (χ1) is 12.2. The van der Waals surface area contributed by atoms with Gasteiger partial charge in [0.05, 0.1) is 5.56 Å². The molecule has 3 rings (SSSR count). The molecule has 1 aliphatic heterocycles. The summed E-state index contributed by atoms with van der Waals surface area (Å²) in [6, 6.07) is 9.82. The normalized spacial score (nSPS) is 18.2. The number of benzene rings is 1. The topological polar surface area (TPSA) is 81.6 Å². The molecule has 1 aromatic heterocycles. The predicted octanol–water partition coefficient (Wildman–Crippen LogP) is 1.36. The SMILES string of the molecule is CN1CCN(C(=O)c2cnc(Nc3ccccc3)nc2)CC1CCO. The van der Waals surface area contributed by atoms with Gasteiger partial charge < -0.3 is 15.3 Å². The van der Waals surface area contributed by atoms with Gasteiger partial charge in [0.15, 0.2) is 0 Å². The summed E-state index contributed by atoms with van der Waals surface area (Å²) in [5.74, 6) is 0.390. The minimum absolute atomic E-state index is 0.0673. The predicted molar refractivity (Wildman–Crippen MR) is 95.8 cm³/mol. The monoisotopic (exact) mass is 341 g/mol. The summed E-state index contributed by atoms with van der Waals surface area (Å²) in [6.45, 7) is 2.20. The van der Waals surface area contributed by atoms with Crippen molar-refractivity contribution in [2.45, 2.75) is 12.5 Å². The summed E-state index contributed by atoms with van der Waals surface area (Å²) < 4.78 is 0. The Balaban J connectivity index is 1.64. The van der Waals surface area contributed by atoms with Crippen LogP contribution in [0.4, 0.5) is 11.6 Å². The van der Waals surface area contributed by atoms with Gasteiger partial charge in [-0.1, -0.05) is 18.2 Å². The highest BCUT2D eigenvalue weighted by Crippen LogP contribution is 2.15. The van der Waals surface area contributed by atoms with Crippen LogP contribution in [0.1, 0.15) is 16.8 Å². The lowest BCUT2D eigenvalue weighted by molar-refractivity contribution is 0.0500. The molecule has 25 heavy (non-hydrogen) atoms. The molecular formula is C18H23N5O2. The molecule has 0 spiro atoms. The summed E-state index contributed by atoms with van der Waals surface area (Å²) in [7, 11) is 2.02. The maximum absolute atomic E-state index is 12.7. The fraction of sp³-hybridized carbons (Fsp3) is 0.389. The molecule has 1 fully saturated rings. The number of rotatable bonds is 5. The van der Waals surface area contributed by atoms with E-state index in [9.17, 15) is 9.90 Å². The van der Waals surface area contributed by atoms with E-state index in [1.54, 1.807) is 12.4 Å². The summed E-state index contributed by atoms with van der Waals surface area (Å²) in [6.07, 6.45) is 3.77. The van der Waals surface area contributed by atoms with Crippen LogP contribution in [0.2, 0.25) is 0 Å². The van der Waals surface area contributed by atoms with Crippen LogP contribution < -0.4 is 5.32 Å². The smallest absolute Gasteiger partial charge is 0.257 e. The fourth-order valence-corrected chi connectivity index (χ4v) is 2.93. The van der Waals surface area contributed by atoms with Crippen LogP contribution in [0.25, 0.3) is 0 Å². The van der Waals surface area contributed by atoms with Crippen molar-refractivity contribution in [2.24, 2.45) is 0 Å². The lowest BCUT2D eigenvalue weighted by Gasteiger charge is -2.39. The maximum atomic E-state index is 12.7. The molecule has 1 amide bonds. The maximum Gasteiger partial charge on any atom is 0.257 e. The van der Waals surface area contributed by atoms with Gasteiger partial charge in [-0.25, -0.2) is 9.97 Å². The highest BCUT2D eigenvalue weighted by molar-refractivity contribution is 5.93. The van der Waals surface area contributed by atoms with E-state index < -0.39 is 0 Å². The number of hydrogen-bond donors (Lipinski definition) is 2. The largest absolute Gasteiger partial charge is 0.396 e. The van der Waals surface area contributed by atoms with Gasteiger partial charge in [0, 0.05) is 50.4 Å². The first-order valence-electron chi connectivity index (χ1n) is 8.42. The Labute approximate surface area is 147 Å². The van der Waals surface area contributed by atoms with Crippen LogP contribution in [0.3, 0.4) is 0 Å². The van der Waals surface area contributed by atoms with Crippen LogP contribution >= 0.6 is 0 Å². The summed E-state index contributed by atoms with van der Waals surface area (Å²) in [5, 5.41) is 12.3. The number of nitrogens with one attached hydrogen (secondary N) is 1. The number of nitrogens with zero attached hydrogens (tertiary/aromatic N) is 4. The van der Waals surface area contributed by atoms with Gasteiger partial charge in [0.2, 0.25) is 5.95 Å². The molecule has 2 aromatic rings. The highest BCUT2D eigenvalue weighted by atomic mass is 16.3. The summed E-state index contributed by atoms with van der Waals surface area (Å²) >= 11 is 0. The molecule has 0 radical (unpaired) electrons. The summed E-state index contributed by atoms with van der Waals surface area (Å²) in [4.78, 5) is 25.1. The number of likely N-dealkylation sites (N-methyl/N-ethyl adjacent to an activating group) is 1. The zero-order chi connectivity index (χ0) is 17.6. The molecule has 7 heteroatoms. The average Bonchev–Trinajstić information content (AvgIpc) is 2.65. The molecule has 7 nitrogen and oxygen atoms in total. The third-order valence-corrected chi connectivity index (χ3v) is 4.46. The average molecular weight is 341 g/mol. The number of para-hydroxylation sites is 1. The zero-order valence-electron chi connectivity index (χ0n) is 14.3. The molecule has 2 heterocycles. The van der Waals surface area contributed by atoms with Gasteiger partial charge in [-0.15, -0.1) is 0 Å². The van der Waals surface area contributed by atoms with E-state index in [0.29, 0.717) is 31.0 Å². The van der Waals surface area contributed by atoms with Crippen LogP contribution in [-0.2, 0) is 0 Å². The van der Waals surface area contributed by atoms with Crippen molar-refractivity contribution in [1.29, 1.82) is 0 Å². The third-order valence-electron chi connectivity index (χ3n) is 4.46. The van der Waals surface area contributed by atoms with Crippen molar-refractivity contribution in [3.8, 4) is 0 Å². The Morgan fingerprint density at radius 3 is 2.64 bits per heavy atom. The molecule has 0 aliphatic carbocycles. The molecule has 2 N–H and O–H groups in total. The van der Waals surface area contributed by atoms with Crippen LogP contribution in [-0.4, -0.2) is 70.1 Å². The van der Waals surface area contributed by atoms with Crippen molar-refractivity contribution in [1.82, 2.24) is 19.8 Å². The standard InChI is InChI=1S/C18H23N5O2/c1-22-8-9-23(13-16(22)7-10-24)17(25)14-11-19-18(20-12-14)21-15-5-3-2-4-6-15/h2-6,11-12,16,24H,7-10,13H2,1H3,(H,19,20,21).